The molecule has 1 aromatic carbocycles. The minimum absolute atomic E-state index is 0.331. The summed E-state index contributed by atoms with van der Waals surface area (Å²) in [5.41, 5.74) is 2.87. The van der Waals surface area contributed by atoms with E-state index < -0.39 is 0 Å². The van der Waals surface area contributed by atoms with E-state index >= 15 is 0 Å². The van der Waals surface area contributed by atoms with E-state index in [-0.39, 0.29) is 0 Å². The Morgan fingerprint density at radius 3 is 2.60 bits per heavy atom. The Labute approximate surface area is 124 Å². The first-order valence-electron chi connectivity index (χ1n) is 8.00. The van der Waals surface area contributed by atoms with Gasteiger partial charge in [-0.3, -0.25) is 0 Å². The SMILES string of the molecule is CCCNCC(CCOC(C)C)Cc1ccccc1C. The molecule has 0 aliphatic carbocycles. The van der Waals surface area contributed by atoms with Gasteiger partial charge in [0.25, 0.3) is 0 Å². The van der Waals surface area contributed by atoms with Crippen LogP contribution in [-0.2, 0) is 11.2 Å². The molecule has 0 aliphatic heterocycles. The van der Waals surface area contributed by atoms with Crippen LogP contribution in [0.4, 0.5) is 0 Å². The molecule has 1 aromatic rings. The van der Waals surface area contributed by atoms with Crippen LogP contribution in [0.2, 0.25) is 0 Å². The Morgan fingerprint density at radius 2 is 1.95 bits per heavy atom. The Bertz CT molecular complexity index is 362. The van der Waals surface area contributed by atoms with E-state index in [2.05, 4.69) is 57.3 Å². The molecule has 1 rings (SSSR count). The summed E-state index contributed by atoms with van der Waals surface area (Å²) in [6.45, 7) is 11.7. The van der Waals surface area contributed by atoms with Gasteiger partial charge in [-0.2, -0.15) is 0 Å². The first kappa shape index (κ1) is 17.2. The van der Waals surface area contributed by atoms with E-state index in [9.17, 15) is 0 Å². The van der Waals surface area contributed by atoms with Gasteiger partial charge in [0.05, 0.1) is 6.10 Å². The van der Waals surface area contributed by atoms with Crippen LogP contribution in [0, 0.1) is 12.8 Å². The number of aryl methyl sites for hydroxylation is 1. The van der Waals surface area contributed by atoms with Crippen molar-refractivity contribution in [2.45, 2.75) is 53.1 Å². The molecule has 0 spiro atoms. The van der Waals surface area contributed by atoms with E-state index in [4.69, 9.17) is 4.74 Å². The molecule has 0 aliphatic rings. The van der Waals surface area contributed by atoms with Crippen LogP contribution >= 0.6 is 0 Å². The molecule has 0 bridgehead atoms. The van der Waals surface area contributed by atoms with Gasteiger partial charge >= 0.3 is 0 Å². The maximum Gasteiger partial charge on any atom is 0.0518 e. The average molecular weight is 277 g/mol. The molecule has 0 saturated carbocycles. The predicted molar refractivity (Wildman–Crippen MR) is 87.2 cm³/mol. The third-order valence-corrected chi connectivity index (χ3v) is 3.61. The molecular formula is C18H31NO. The lowest BCUT2D eigenvalue weighted by Gasteiger charge is -2.19. The van der Waals surface area contributed by atoms with Crippen LogP contribution in [0.1, 0.15) is 44.7 Å². The zero-order valence-corrected chi connectivity index (χ0v) is 13.6. The summed E-state index contributed by atoms with van der Waals surface area (Å²) < 4.78 is 5.72. The summed E-state index contributed by atoms with van der Waals surface area (Å²) >= 11 is 0. The zero-order valence-electron chi connectivity index (χ0n) is 13.6. The third kappa shape index (κ3) is 7.06. The highest BCUT2D eigenvalue weighted by atomic mass is 16.5. The maximum absolute atomic E-state index is 5.72. The smallest absolute Gasteiger partial charge is 0.0518 e. The molecule has 0 heterocycles. The standard InChI is InChI=1S/C18H31NO/c1-5-11-19-14-17(10-12-20-15(2)3)13-18-9-7-6-8-16(18)4/h6-9,15,17,19H,5,10-14H2,1-4H3. The first-order valence-corrected chi connectivity index (χ1v) is 8.00. The number of hydrogen-bond acceptors (Lipinski definition) is 2. The lowest BCUT2D eigenvalue weighted by atomic mass is 9.93. The number of rotatable bonds is 10. The molecule has 0 radical (unpaired) electrons. The van der Waals surface area contributed by atoms with Crippen molar-refractivity contribution < 1.29 is 4.74 Å². The molecule has 2 nitrogen and oxygen atoms in total. The molecule has 2 heteroatoms. The molecule has 1 unspecified atom stereocenters. The molecule has 0 fully saturated rings. The summed E-state index contributed by atoms with van der Waals surface area (Å²) in [5, 5.41) is 3.56. The van der Waals surface area contributed by atoms with Gasteiger partial charge in [0, 0.05) is 6.61 Å². The second kappa shape index (κ2) is 9.95. The summed E-state index contributed by atoms with van der Waals surface area (Å²) in [6, 6.07) is 8.72. The van der Waals surface area contributed by atoms with Crippen LogP contribution in [-0.4, -0.2) is 25.8 Å². The normalized spacial score (nSPS) is 12.8. The largest absolute Gasteiger partial charge is 0.379 e. The topological polar surface area (TPSA) is 21.3 Å². The van der Waals surface area contributed by atoms with Crippen molar-refractivity contribution in [2.75, 3.05) is 19.7 Å². The Kier molecular flexibility index (Phi) is 8.56. The summed E-state index contributed by atoms with van der Waals surface area (Å²) in [4.78, 5) is 0. The van der Waals surface area contributed by atoms with Crippen molar-refractivity contribution in [3.8, 4) is 0 Å². The molecule has 0 amide bonds. The Morgan fingerprint density at radius 1 is 1.20 bits per heavy atom. The fourth-order valence-electron chi connectivity index (χ4n) is 2.38. The van der Waals surface area contributed by atoms with Gasteiger partial charge in [0.15, 0.2) is 0 Å². The molecule has 0 aromatic heterocycles. The van der Waals surface area contributed by atoms with Gasteiger partial charge in [0.2, 0.25) is 0 Å². The Balaban J connectivity index is 2.50. The highest BCUT2D eigenvalue weighted by molar-refractivity contribution is 5.25. The monoisotopic (exact) mass is 277 g/mol. The van der Waals surface area contributed by atoms with E-state index in [0.29, 0.717) is 12.0 Å². The molecule has 20 heavy (non-hydrogen) atoms. The van der Waals surface area contributed by atoms with Gasteiger partial charge in [-0.25, -0.2) is 0 Å². The van der Waals surface area contributed by atoms with Crippen LogP contribution in [0.3, 0.4) is 0 Å². The molecule has 1 atom stereocenters. The zero-order chi connectivity index (χ0) is 14.8. The van der Waals surface area contributed by atoms with Crippen LogP contribution < -0.4 is 5.32 Å². The number of ether oxygens (including phenoxy) is 1. The highest BCUT2D eigenvalue weighted by Crippen LogP contribution is 2.16. The van der Waals surface area contributed by atoms with Crippen LogP contribution in [0.25, 0.3) is 0 Å². The van der Waals surface area contributed by atoms with Crippen molar-refractivity contribution in [1.82, 2.24) is 5.32 Å². The number of benzene rings is 1. The fourth-order valence-corrected chi connectivity index (χ4v) is 2.38. The third-order valence-electron chi connectivity index (χ3n) is 3.61. The van der Waals surface area contributed by atoms with Crippen molar-refractivity contribution in [1.29, 1.82) is 0 Å². The van der Waals surface area contributed by atoms with Gasteiger partial charge in [-0.15, -0.1) is 0 Å². The second-order valence-electron chi connectivity index (χ2n) is 5.91. The maximum atomic E-state index is 5.72. The Hall–Kier alpha value is -0.860. The van der Waals surface area contributed by atoms with Gasteiger partial charge in [-0.05, 0) is 70.2 Å². The lowest BCUT2D eigenvalue weighted by molar-refractivity contribution is 0.0683. The summed E-state index contributed by atoms with van der Waals surface area (Å²) in [5.74, 6) is 0.654. The van der Waals surface area contributed by atoms with Crippen LogP contribution in [0.15, 0.2) is 24.3 Å². The van der Waals surface area contributed by atoms with Crippen molar-refractivity contribution >= 4 is 0 Å². The van der Waals surface area contributed by atoms with Gasteiger partial charge < -0.3 is 10.1 Å². The average Bonchev–Trinajstić information content (AvgIpc) is 2.41. The molecule has 114 valence electrons. The fraction of sp³-hybridized carbons (Fsp3) is 0.667. The molecular weight excluding hydrogens is 246 g/mol. The minimum atomic E-state index is 0.331. The van der Waals surface area contributed by atoms with Crippen LogP contribution in [0.5, 0.6) is 0 Å². The predicted octanol–water partition coefficient (Wildman–Crippen LogP) is 3.97. The van der Waals surface area contributed by atoms with Crippen molar-refractivity contribution in [3.63, 3.8) is 0 Å². The number of nitrogens with one attached hydrogen (secondary N) is 1. The van der Waals surface area contributed by atoms with E-state index in [0.717, 1.165) is 32.5 Å². The van der Waals surface area contributed by atoms with E-state index in [1.165, 1.54) is 17.5 Å². The number of hydrogen-bond donors (Lipinski definition) is 1. The molecule has 0 saturated heterocycles. The minimum Gasteiger partial charge on any atom is -0.379 e. The molecule has 1 N–H and O–H groups in total. The quantitative estimate of drug-likeness (QED) is 0.653. The summed E-state index contributed by atoms with van der Waals surface area (Å²) in [7, 11) is 0. The van der Waals surface area contributed by atoms with E-state index in [1.807, 2.05) is 0 Å². The summed E-state index contributed by atoms with van der Waals surface area (Å²) in [6.07, 6.45) is 3.80. The van der Waals surface area contributed by atoms with Gasteiger partial charge in [-0.1, -0.05) is 31.2 Å². The lowest BCUT2D eigenvalue weighted by Crippen LogP contribution is -2.26. The highest BCUT2D eigenvalue weighted by Gasteiger charge is 2.11. The van der Waals surface area contributed by atoms with E-state index in [1.54, 1.807) is 0 Å². The first-order chi connectivity index (χ1) is 9.63. The van der Waals surface area contributed by atoms with Crippen molar-refractivity contribution in [3.05, 3.63) is 35.4 Å². The second-order valence-corrected chi connectivity index (χ2v) is 5.91. The van der Waals surface area contributed by atoms with Crippen molar-refractivity contribution in [2.24, 2.45) is 5.92 Å². The van der Waals surface area contributed by atoms with Gasteiger partial charge in [0.1, 0.15) is 0 Å².